The van der Waals surface area contributed by atoms with Crippen molar-refractivity contribution in [2.45, 2.75) is 38.0 Å². The molecule has 4 unspecified atom stereocenters. The largest absolute Gasteiger partial charge is 0.497 e. The molecule has 0 aliphatic carbocycles. The Labute approximate surface area is 149 Å². The van der Waals surface area contributed by atoms with Gasteiger partial charge in [0.25, 0.3) is 0 Å². The molecule has 0 amide bonds. The molecule has 0 aromatic heterocycles. The van der Waals surface area contributed by atoms with E-state index < -0.39 is 0 Å². The third-order valence-electron chi connectivity index (χ3n) is 5.24. The first-order chi connectivity index (χ1) is 12.2. The number of hydrogen-bond donors (Lipinski definition) is 2. The molecule has 0 spiro atoms. The van der Waals surface area contributed by atoms with Gasteiger partial charge in [0.15, 0.2) is 0 Å². The maximum absolute atomic E-state index is 10.7. The summed E-state index contributed by atoms with van der Waals surface area (Å²) in [4.78, 5) is 0. The maximum Gasteiger partial charge on any atom is 0.118 e. The van der Waals surface area contributed by atoms with Crippen molar-refractivity contribution in [1.82, 2.24) is 5.32 Å². The summed E-state index contributed by atoms with van der Waals surface area (Å²) in [5.41, 5.74) is 2.36. The second-order valence-electron chi connectivity index (χ2n) is 6.62. The minimum absolute atomic E-state index is 0.117. The molecule has 1 fully saturated rings. The highest BCUT2D eigenvalue weighted by molar-refractivity contribution is 5.33. The molecule has 1 heterocycles. The van der Waals surface area contributed by atoms with E-state index in [1.54, 1.807) is 14.2 Å². The second kappa shape index (κ2) is 7.89. The van der Waals surface area contributed by atoms with Gasteiger partial charge in [0.2, 0.25) is 0 Å². The molecule has 3 rings (SSSR count). The third kappa shape index (κ3) is 3.80. The zero-order valence-electron chi connectivity index (χ0n) is 15.1. The van der Waals surface area contributed by atoms with Crippen LogP contribution in [-0.2, 0) is 0 Å². The molecule has 4 atom stereocenters. The Morgan fingerprint density at radius 3 is 1.92 bits per heavy atom. The highest BCUT2D eigenvalue weighted by Gasteiger charge is 2.36. The Hall–Kier alpha value is -2.04. The predicted octanol–water partition coefficient (Wildman–Crippen LogP) is 3.87. The van der Waals surface area contributed by atoms with Crippen molar-refractivity contribution >= 4 is 0 Å². The number of hydrogen-bond acceptors (Lipinski definition) is 4. The van der Waals surface area contributed by atoms with E-state index in [0.717, 1.165) is 24.3 Å². The fraction of sp³-hybridized carbons (Fsp3) is 0.429. The van der Waals surface area contributed by atoms with Crippen molar-refractivity contribution in [2.75, 3.05) is 14.2 Å². The summed E-state index contributed by atoms with van der Waals surface area (Å²) in [6.07, 6.45) is 1.32. The summed E-state index contributed by atoms with van der Waals surface area (Å²) in [6.45, 7) is 2.14. The number of methoxy groups -OCH3 is 2. The van der Waals surface area contributed by atoms with E-state index in [4.69, 9.17) is 9.47 Å². The van der Waals surface area contributed by atoms with Gasteiger partial charge in [-0.25, -0.2) is 0 Å². The zero-order chi connectivity index (χ0) is 17.8. The van der Waals surface area contributed by atoms with Crippen LogP contribution in [0.15, 0.2) is 48.5 Å². The molecule has 0 bridgehead atoms. The van der Waals surface area contributed by atoms with Crippen LogP contribution in [0.4, 0.5) is 0 Å². The number of piperidine rings is 1. The second-order valence-corrected chi connectivity index (χ2v) is 6.62. The summed E-state index contributed by atoms with van der Waals surface area (Å²) in [5.74, 6) is 1.89. The monoisotopic (exact) mass is 341 g/mol. The molecule has 134 valence electrons. The van der Waals surface area contributed by atoms with Crippen molar-refractivity contribution in [2.24, 2.45) is 5.92 Å². The van der Waals surface area contributed by atoms with Crippen LogP contribution in [0, 0.1) is 5.92 Å². The Morgan fingerprint density at radius 2 is 1.44 bits per heavy atom. The molecule has 4 heteroatoms. The normalized spacial score (nSPS) is 26.2. The fourth-order valence-electron chi connectivity index (χ4n) is 3.78. The quantitative estimate of drug-likeness (QED) is 0.867. The molecule has 4 nitrogen and oxygen atoms in total. The molecular formula is C21H27NO3. The standard InChI is InChI=1S/C21H27NO3/c1-4-18-20(23)13-19(14-5-9-16(24-2)10-6-14)22-21(18)15-7-11-17(25-3)12-8-15/h5-12,18-23H,4,13H2,1-3H3. The van der Waals surface area contributed by atoms with Crippen LogP contribution in [-0.4, -0.2) is 25.4 Å². The average Bonchev–Trinajstić information content (AvgIpc) is 2.67. The first kappa shape index (κ1) is 17.8. The number of benzene rings is 2. The van der Waals surface area contributed by atoms with E-state index in [9.17, 15) is 5.11 Å². The van der Waals surface area contributed by atoms with Crippen molar-refractivity contribution in [1.29, 1.82) is 0 Å². The summed E-state index contributed by atoms with van der Waals surface area (Å²) in [7, 11) is 3.34. The summed E-state index contributed by atoms with van der Waals surface area (Å²) >= 11 is 0. The van der Waals surface area contributed by atoms with Crippen LogP contribution >= 0.6 is 0 Å². The van der Waals surface area contributed by atoms with Crippen LogP contribution in [0.3, 0.4) is 0 Å². The van der Waals surface area contributed by atoms with Crippen LogP contribution in [0.25, 0.3) is 0 Å². The average molecular weight is 341 g/mol. The molecule has 1 saturated heterocycles. The Kier molecular flexibility index (Phi) is 5.61. The Balaban J connectivity index is 1.85. The fourth-order valence-corrected chi connectivity index (χ4v) is 3.78. The highest BCUT2D eigenvalue weighted by Crippen LogP contribution is 2.39. The Bertz CT molecular complexity index is 669. The highest BCUT2D eigenvalue weighted by atomic mass is 16.5. The van der Waals surface area contributed by atoms with E-state index in [1.807, 2.05) is 24.3 Å². The minimum atomic E-state index is -0.328. The van der Waals surface area contributed by atoms with E-state index >= 15 is 0 Å². The molecule has 2 aromatic carbocycles. The number of ether oxygens (including phenoxy) is 2. The van der Waals surface area contributed by atoms with Crippen LogP contribution < -0.4 is 14.8 Å². The summed E-state index contributed by atoms with van der Waals surface area (Å²) < 4.78 is 10.5. The molecule has 25 heavy (non-hydrogen) atoms. The van der Waals surface area contributed by atoms with Gasteiger partial charge in [-0.3, -0.25) is 0 Å². The minimum Gasteiger partial charge on any atom is -0.497 e. The van der Waals surface area contributed by atoms with Gasteiger partial charge in [-0.05, 0) is 48.2 Å². The lowest BCUT2D eigenvalue weighted by Gasteiger charge is -2.41. The maximum atomic E-state index is 10.7. The van der Waals surface area contributed by atoms with E-state index in [-0.39, 0.29) is 24.1 Å². The molecule has 0 saturated carbocycles. The predicted molar refractivity (Wildman–Crippen MR) is 99.0 cm³/mol. The van der Waals surface area contributed by atoms with Gasteiger partial charge in [-0.1, -0.05) is 31.2 Å². The van der Waals surface area contributed by atoms with Gasteiger partial charge in [-0.2, -0.15) is 0 Å². The van der Waals surface area contributed by atoms with Crippen molar-refractivity contribution in [3.05, 3.63) is 59.7 Å². The van der Waals surface area contributed by atoms with Crippen molar-refractivity contribution in [3.63, 3.8) is 0 Å². The van der Waals surface area contributed by atoms with Crippen LogP contribution in [0.1, 0.15) is 43.0 Å². The smallest absolute Gasteiger partial charge is 0.118 e. The van der Waals surface area contributed by atoms with Crippen molar-refractivity contribution < 1.29 is 14.6 Å². The molecule has 2 N–H and O–H groups in total. The topological polar surface area (TPSA) is 50.7 Å². The van der Waals surface area contributed by atoms with Gasteiger partial charge in [0.05, 0.1) is 20.3 Å². The molecule has 2 aromatic rings. The number of aliphatic hydroxyl groups is 1. The molecular weight excluding hydrogens is 314 g/mol. The molecule has 1 aliphatic rings. The lowest BCUT2D eigenvalue weighted by molar-refractivity contribution is 0.0290. The van der Waals surface area contributed by atoms with E-state index in [2.05, 4.69) is 36.5 Å². The number of rotatable bonds is 5. The number of nitrogens with one attached hydrogen (secondary N) is 1. The summed E-state index contributed by atoms with van der Waals surface area (Å²) in [5, 5.41) is 14.5. The lowest BCUT2D eigenvalue weighted by atomic mass is 9.78. The van der Waals surface area contributed by atoms with E-state index in [0.29, 0.717) is 0 Å². The lowest BCUT2D eigenvalue weighted by Crippen LogP contribution is -2.44. The van der Waals surface area contributed by atoms with Gasteiger partial charge < -0.3 is 19.9 Å². The first-order valence-corrected chi connectivity index (χ1v) is 8.88. The number of aliphatic hydroxyl groups excluding tert-OH is 1. The van der Waals surface area contributed by atoms with Crippen molar-refractivity contribution in [3.8, 4) is 11.5 Å². The molecule has 1 aliphatic heterocycles. The first-order valence-electron chi connectivity index (χ1n) is 8.88. The molecule has 0 radical (unpaired) electrons. The van der Waals surface area contributed by atoms with Gasteiger partial charge in [-0.15, -0.1) is 0 Å². The SMILES string of the molecule is CCC1C(O)CC(c2ccc(OC)cc2)NC1c1ccc(OC)cc1. The van der Waals surface area contributed by atoms with Gasteiger partial charge >= 0.3 is 0 Å². The van der Waals surface area contributed by atoms with E-state index in [1.165, 1.54) is 11.1 Å². The zero-order valence-corrected chi connectivity index (χ0v) is 15.1. The van der Waals surface area contributed by atoms with Gasteiger partial charge in [0, 0.05) is 18.0 Å². The summed E-state index contributed by atoms with van der Waals surface area (Å²) in [6, 6.07) is 16.4. The third-order valence-corrected chi connectivity index (χ3v) is 5.24. The Morgan fingerprint density at radius 1 is 0.920 bits per heavy atom. The van der Waals surface area contributed by atoms with Crippen LogP contribution in [0.5, 0.6) is 11.5 Å². The van der Waals surface area contributed by atoms with Gasteiger partial charge in [0.1, 0.15) is 11.5 Å². The van der Waals surface area contributed by atoms with Crippen LogP contribution in [0.2, 0.25) is 0 Å².